The summed E-state index contributed by atoms with van der Waals surface area (Å²) in [5, 5.41) is 11.6. The van der Waals surface area contributed by atoms with Crippen LogP contribution < -0.4 is 10.6 Å². The number of hydrogen-bond acceptors (Lipinski definition) is 2. The molecule has 2 atom stereocenters. The minimum absolute atomic E-state index is 0.675. The molecule has 0 radical (unpaired) electrons. The maximum absolute atomic E-state index is 4.64. The largest absolute Gasteiger partial charge is 0.356 e. The molecule has 2 aromatic carbocycles. The van der Waals surface area contributed by atoms with Gasteiger partial charge in [0.15, 0.2) is 5.96 Å². The molecule has 29 heavy (non-hydrogen) atoms. The molecule has 1 aromatic heterocycles. The molecule has 0 bridgehead atoms. The van der Waals surface area contributed by atoms with Gasteiger partial charge in [-0.1, -0.05) is 48.5 Å². The molecular formula is C24H29N5. The minimum atomic E-state index is 0.675. The van der Waals surface area contributed by atoms with Gasteiger partial charge in [0.2, 0.25) is 0 Å². The van der Waals surface area contributed by atoms with Gasteiger partial charge in [0.1, 0.15) is 0 Å². The molecule has 1 saturated carbocycles. The van der Waals surface area contributed by atoms with Gasteiger partial charge in [-0.2, -0.15) is 5.10 Å². The summed E-state index contributed by atoms with van der Waals surface area (Å²) in [6.45, 7) is 5.75. The zero-order chi connectivity index (χ0) is 20.2. The Morgan fingerprint density at radius 3 is 2.55 bits per heavy atom. The van der Waals surface area contributed by atoms with E-state index >= 15 is 0 Å². The summed E-state index contributed by atoms with van der Waals surface area (Å²) in [5.41, 5.74) is 5.90. The Balaban J connectivity index is 1.35. The molecule has 2 N–H and O–H groups in total. The standard InChI is InChI=1S/C24H29N5/c1-17-13-18(2)29(28-17)23-12-8-7-11-20(23)15-26-24(25-3)27-16-21-14-22(21)19-9-5-4-6-10-19/h4-13,21-22H,14-16H2,1-3H3,(H2,25,26,27). The third kappa shape index (κ3) is 4.50. The number of nitrogens with one attached hydrogen (secondary N) is 2. The van der Waals surface area contributed by atoms with E-state index in [0.29, 0.717) is 18.4 Å². The second-order valence-electron chi connectivity index (χ2n) is 7.79. The first-order chi connectivity index (χ1) is 14.2. The first-order valence-corrected chi connectivity index (χ1v) is 10.3. The Morgan fingerprint density at radius 2 is 1.83 bits per heavy atom. The molecule has 0 spiro atoms. The lowest BCUT2D eigenvalue weighted by Crippen LogP contribution is -2.38. The maximum Gasteiger partial charge on any atom is 0.191 e. The summed E-state index contributed by atoms with van der Waals surface area (Å²) in [7, 11) is 1.82. The summed E-state index contributed by atoms with van der Waals surface area (Å²) < 4.78 is 2.01. The number of hydrogen-bond donors (Lipinski definition) is 2. The van der Waals surface area contributed by atoms with Crippen LogP contribution in [0.2, 0.25) is 0 Å². The van der Waals surface area contributed by atoms with E-state index in [-0.39, 0.29) is 0 Å². The highest BCUT2D eigenvalue weighted by atomic mass is 15.3. The van der Waals surface area contributed by atoms with Crippen molar-refractivity contribution >= 4 is 5.96 Å². The van der Waals surface area contributed by atoms with Crippen molar-refractivity contribution in [2.75, 3.05) is 13.6 Å². The fourth-order valence-corrected chi connectivity index (χ4v) is 3.95. The van der Waals surface area contributed by atoms with E-state index in [9.17, 15) is 0 Å². The highest BCUT2D eigenvalue weighted by Gasteiger charge is 2.37. The summed E-state index contributed by atoms with van der Waals surface area (Å²) in [5.74, 6) is 2.19. The van der Waals surface area contributed by atoms with Crippen LogP contribution in [0.25, 0.3) is 5.69 Å². The molecule has 5 nitrogen and oxygen atoms in total. The topological polar surface area (TPSA) is 54.2 Å². The van der Waals surface area contributed by atoms with Crippen molar-refractivity contribution in [2.24, 2.45) is 10.9 Å². The highest BCUT2D eigenvalue weighted by molar-refractivity contribution is 5.79. The molecule has 0 aliphatic heterocycles. The zero-order valence-electron chi connectivity index (χ0n) is 17.4. The molecule has 2 unspecified atom stereocenters. The molecule has 3 aromatic rings. The van der Waals surface area contributed by atoms with Crippen LogP contribution in [0, 0.1) is 19.8 Å². The summed E-state index contributed by atoms with van der Waals surface area (Å²) >= 11 is 0. The molecule has 1 heterocycles. The van der Waals surface area contributed by atoms with Gasteiger partial charge in [-0.3, -0.25) is 4.99 Å². The molecule has 1 fully saturated rings. The fourth-order valence-electron chi connectivity index (χ4n) is 3.95. The lowest BCUT2D eigenvalue weighted by atomic mass is 10.1. The predicted molar refractivity (Wildman–Crippen MR) is 119 cm³/mol. The highest BCUT2D eigenvalue weighted by Crippen LogP contribution is 2.46. The van der Waals surface area contributed by atoms with Crippen LogP contribution >= 0.6 is 0 Å². The first kappa shape index (κ1) is 19.2. The number of aryl methyl sites for hydroxylation is 2. The smallest absolute Gasteiger partial charge is 0.191 e. The number of aromatic nitrogens is 2. The number of guanidine groups is 1. The number of benzene rings is 2. The molecule has 5 heteroatoms. The third-order valence-corrected chi connectivity index (χ3v) is 5.58. The van der Waals surface area contributed by atoms with Crippen molar-refractivity contribution in [3.05, 3.63) is 83.2 Å². The predicted octanol–water partition coefficient (Wildman–Crippen LogP) is 3.96. The molecule has 150 valence electrons. The summed E-state index contributed by atoms with van der Waals surface area (Å²) in [6.07, 6.45) is 1.24. The molecular weight excluding hydrogens is 358 g/mol. The number of nitrogens with zero attached hydrogens (tertiary/aromatic N) is 3. The van der Waals surface area contributed by atoms with Crippen LogP contribution in [0.1, 0.15) is 34.9 Å². The lowest BCUT2D eigenvalue weighted by molar-refractivity contribution is 0.717. The van der Waals surface area contributed by atoms with E-state index in [1.54, 1.807) is 0 Å². The van der Waals surface area contributed by atoms with Crippen LogP contribution in [-0.4, -0.2) is 29.3 Å². The van der Waals surface area contributed by atoms with Crippen molar-refractivity contribution in [3.8, 4) is 5.69 Å². The van der Waals surface area contributed by atoms with Gasteiger partial charge in [0.25, 0.3) is 0 Å². The lowest BCUT2D eigenvalue weighted by Gasteiger charge is -2.15. The Labute approximate surface area is 172 Å². The Morgan fingerprint density at radius 1 is 1.07 bits per heavy atom. The van der Waals surface area contributed by atoms with Crippen LogP contribution in [0.4, 0.5) is 0 Å². The summed E-state index contributed by atoms with van der Waals surface area (Å²) in [4.78, 5) is 4.40. The van der Waals surface area contributed by atoms with Crippen molar-refractivity contribution in [2.45, 2.75) is 32.7 Å². The average molecular weight is 388 g/mol. The maximum atomic E-state index is 4.64. The molecule has 0 amide bonds. The van der Waals surface area contributed by atoms with Gasteiger partial charge in [-0.15, -0.1) is 0 Å². The van der Waals surface area contributed by atoms with E-state index < -0.39 is 0 Å². The van der Waals surface area contributed by atoms with E-state index in [0.717, 1.165) is 29.6 Å². The van der Waals surface area contributed by atoms with Crippen molar-refractivity contribution in [1.29, 1.82) is 0 Å². The molecule has 1 aliphatic rings. The van der Waals surface area contributed by atoms with Crippen molar-refractivity contribution < 1.29 is 0 Å². The van der Waals surface area contributed by atoms with Gasteiger partial charge in [0.05, 0.1) is 11.4 Å². The van der Waals surface area contributed by atoms with Crippen molar-refractivity contribution in [1.82, 2.24) is 20.4 Å². The van der Waals surface area contributed by atoms with Gasteiger partial charge >= 0.3 is 0 Å². The minimum Gasteiger partial charge on any atom is -0.356 e. The summed E-state index contributed by atoms with van der Waals surface area (Å²) in [6, 6.07) is 21.3. The van der Waals surface area contributed by atoms with E-state index in [2.05, 4.69) is 88.3 Å². The number of rotatable bonds is 6. The van der Waals surface area contributed by atoms with E-state index in [4.69, 9.17) is 0 Å². The second-order valence-corrected chi connectivity index (χ2v) is 7.79. The Hall–Kier alpha value is -3.08. The number of para-hydroxylation sites is 1. The third-order valence-electron chi connectivity index (χ3n) is 5.58. The van der Waals surface area contributed by atoms with Crippen LogP contribution in [0.15, 0.2) is 65.7 Å². The van der Waals surface area contributed by atoms with Crippen LogP contribution in [0.3, 0.4) is 0 Å². The van der Waals surface area contributed by atoms with Gasteiger partial charge in [0, 0.05) is 25.8 Å². The molecule has 0 saturated heterocycles. The normalized spacial score (nSPS) is 18.5. The average Bonchev–Trinajstić information content (AvgIpc) is 3.45. The van der Waals surface area contributed by atoms with Gasteiger partial charge in [-0.05, 0) is 55.4 Å². The van der Waals surface area contributed by atoms with Crippen LogP contribution in [0.5, 0.6) is 0 Å². The first-order valence-electron chi connectivity index (χ1n) is 10.3. The van der Waals surface area contributed by atoms with Gasteiger partial charge < -0.3 is 10.6 Å². The van der Waals surface area contributed by atoms with E-state index in [1.807, 2.05) is 18.7 Å². The molecule has 4 rings (SSSR count). The quantitative estimate of drug-likeness (QED) is 0.497. The Kier molecular flexibility index (Phi) is 5.65. The monoisotopic (exact) mass is 387 g/mol. The van der Waals surface area contributed by atoms with E-state index in [1.165, 1.54) is 17.5 Å². The van der Waals surface area contributed by atoms with Gasteiger partial charge in [-0.25, -0.2) is 4.68 Å². The fraction of sp³-hybridized carbons (Fsp3) is 0.333. The molecule has 1 aliphatic carbocycles. The second kappa shape index (κ2) is 8.52. The van der Waals surface area contributed by atoms with Crippen molar-refractivity contribution in [3.63, 3.8) is 0 Å². The number of aliphatic imine (C=N–C) groups is 1. The van der Waals surface area contributed by atoms with Crippen LogP contribution in [-0.2, 0) is 6.54 Å². The Bertz CT molecular complexity index is 990. The SMILES string of the molecule is CN=C(NCc1ccccc1-n1nc(C)cc1C)NCC1CC1c1ccccc1. The zero-order valence-corrected chi connectivity index (χ0v) is 17.4.